The minimum Gasteiger partial charge on any atom is -0.291 e. The molecule has 18 heavy (non-hydrogen) atoms. The van der Waals surface area contributed by atoms with Gasteiger partial charge in [-0.05, 0) is 36.3 Å². The first-order valence-corrected chi connectivity index (χ1v) is 6.77. The third kappa shape index (κ3) is 3.80. The predicted molar refractivity (Wildman–Crippen MR) is 73.6 cm³/mol. The van der Waals surface area contributed by atoms with Gasteiger partial charge in [0.25, 0.3) is 0 Å². The highest BCUT2D eigenvalue weighted by Crippen LogP contribution is 2.27. The van der Waals surface area contributed by atoms with Gasteiger partial charge in [0.2, 0.25) is 0 Å². The number of ketones is 2. The zero-order valence-electron chi connectivity index (χ0n) is 11.5. The molecular formula is C16H22O2. The fraction of sp³-hybridized carbons (Fsp3) is 0.500. The molecule has 2 nitrogen and oxygen atoms in total. The van der Waals surface area contributed by atoms with Crippen LogP contribution in [0.5, 0.6) is 0 Å². The molecule has 2 heteroatoms. The van der Waals surface area contributed by atoms with E-state index in [1.54, 1.807) is 0 Å². The van der Waals surface area contributed by atoms with Crippen molar-refractivity contribution in [1.82, 2.24) is 0 Å². The molecule has 0 saturated carbocycles. The van der Waals surface area contributed by atoms with Crippen molar-refractivity contribution in [3.8, 4) is 0 Å². The topological polar surface area (TPSA) is 34.1 Å². The van der Waals surface area contributed by atoms with E-state index in [2.05, 4.69) is 18.2 Å². The maximum atomic E-state index is 11.4. The standard InChI is InChI=1S/C14H16O2.C2H6/c1-10(15)14(16)9-11-6-7-12-4-2-3-5-13(12)8-11;1-2/h2-5,11H,6-9H2,1H3;1-2H3. The summed E-state index contributed by atoms with van der Waals surface area (Å²) >= 11 is 0. The number of hydrogen-bond acceptors (Lipinski definition) is 2. The normalized spacial score (nSPS) is 17.2. The Morgan fingerprint density at radius 1 is 1.17 bits per heavy atom. The lowest BCUT2D eigenvalue weighted by molar-refractivity contribution is -0.135. The largest absolute Gasteiger partial charge is 0.291 e. The van der Waals surface area contributed by atoms with Crippen molar-refractivity contribution in [3.63, 3.8) is 0 Å². The molecular weight excluding hydrogens is 224 g/mol. The molecule has 0 N–H and O–H groups in total. The van der Waals surface area contributed by atoms with Crippen molar-refractivity contribution in [3.05, 3.63) is 35.4 Å². The second-order valence-corrected chi connectivity index (χ2v) is 4.56. The molecule has 1 aromatic rings. The molecule has 2 rings (SSSR count). The molecule has 0 spiro atoms. The van der Waals surface area contributed by atoms with E-state index in [1.807, 2.05) is 19.9 Å². The molecule has 1 aliphatic carbocycles. The first-order chi connectivity index (χ1) is 8.66. The lowest BCUT2D eigenvalue weighted by Crippen LogP contribution is -2.20. The Morgan fingerprint density at radius 3 is 2.39 bits per heavy atom. The van der Waals surface area contributed by atoms with Gasteiger partial charge in [0.05, 0.1) is 0 Å². The molecule has 98 valence electrons. The molecule has 0 saturated heterocycles. The molecule has 0 bridgehead atoms. The number of carbonyl (C=O) groups is 2. The van der Waals surface area contributed by atoms with Crippen LogP contribution in [0.4, 0.5) is 0 Å². The molecule has 0 heterocycles. The van der Waals surface area contributed by atoms with Crippen LogP contribution in [0.2, 0.25) is 0 Å². The summed E-state index contributed by atoms with van der Waals surface area (Å²) in [6, 6.07) is 8.37. The predicted octanol–water partition coefficient (Wildman–Crippen LogP) is 3.37. The molecule has 1 aliphatic rings. The van der Waals surface area contributed by atoms with E-state index < -0.39 is 0 Å². The smallest absolute Gasteiger partial charge is 0.198 e. The Labute approximate surface area is 109 Å². The molecule has 0 aliphatic heterocycles. The monoisotopic (exact) mass is 246 g/mol. The SMILES string of the molecule is CC.CC(=O)C(=O)CC1CCc2ccccc2C1. The van der Waals surface area contributed by atoms with Gasteiger partial charge in [-0.15, -0.1) is 0 Å². The van der Waals surface area contributed by atoms with Gasteiger partial charge in [0, 0.05) is 13.3 Å². The van der Waals surface area contributed by atoms with Crippen LogP contribution in [-0.2, 0) is 22.4 Å². The highest BCUT2D eigenvalue weighted by molar-refractivity contribution is 6.36. The number of Topliss-reactive ketones (excluding diaryl/α,β-unsaturated/α-hetero) is 2. The summed E-state index contributed by atoms with van der Waals surface area (Å²) in [5.74, 6) is -0.172. The van der Waals surface area contributed by atoms with E-state index in [0.717, 1.165) is 19.3 Å². The number of benzene rings is 1. The minimum atomic E-state index is -0.307. The van der Waals surface area contributed by atoms with Crippen LogP contribution >= 0.6 is 0 Å². The molecule has 0 amide bonds. The average molecular weight is 246 g/mol. The molecule has 0 radical (unpaired) electrons. The number of carbonyl (C=O) groups excluding carboxylic acids is 2. The second kappa shape index (κ2) is 7.10. The number of rotatable bonds is 3. The van der Waals surface area contributed by atoms with Crippen molar-refractivity contribution in [2.75, 3.05) is 0 Å². The Bertz CT molecular complexity index is 421. The van der Waals surface area contributed by atoms with Gasteiger partial charge >= 0.3 is 0 Å². The summed E-state index contributed by atoms with van der Waals surface area (Å²) in [7, 11) is 0. The fourth-order valence-corrected chi connectivity index (χ4v) is 2.35. The molecule has 1 unspecified atom stereocenters. The Kier molecular flexibility index (Phi) is 5.76. The quantitative estimate of drug-likeness (QED) is 0.766. The molecule has 1 aromatic carbocycles. The minimum absolute atomic E-state index is 0.218. The lowest BCUT2D eigenvalue weighted by atomic mass is 9.81. The van der Waals surface area contributed by atoms with Crippen LogP contribution in [0.15, 0.2) is 24.3 Å². The summed E-state index contributed by atoms with van der Waals surface area (Å²) in [5, 5.41) is 0. The van der Waals surface area contributed by atoms with Crippen LogP contribution < -0.4 is 0 Å². The van der Waals surface area contributed by atoms with Gasteiger partial charge in [0.1, 0.15) is 0 Å². The second-order valence-electron chi connectivity index (χ2n) is 4.56. The molecule has 0 aromatic heterocycles. The Balaban J connectivity index is 0.000000771. The summed E-state index contributed by atoms with van der Waals surface area (Å²) in [6.07, 6.45) is 3.42. The van der Waals surface area contributed by atoms with Gasteiger partial charge in [-0.1, -0.05) is 38.1 Å². The van der Waals surface area contributed by atoms with Crippen molar-refractivity contribution >= 4 is 11.6 Å². The first-order valence-electron chi connectivity index (χ1n) is 6.77. The van der Waals surface area contributed by atoms with Crippen LogP contribution in [0.1, 0.15) is 44.7 Å². The van der Waals surface area contributed by atoms with Gasteiger partial charge in [-0.3, -0.25) is 9.59 Å². The van der Waals surface area contributed by atoms with E-state index in [9.17, 15) is 9.59 Å². The lowest BCUT2D eigenvalue weighted by Gasteiger charge is -2.23. The summed E-state index contributed by atoms with van der Waals surface area (Å²) in [4.78, 5) is 22.3. The van der Waals surface area contributed by atoms with Gasteiger partial charge in [-0.2, -0.15) is 0 Å². The van der Waals surface area contributed by atoms with Crippen molar-refractivity contribution < 1.29 is 9.59 Å². The van der Waals surface area contributed by atoms with Crippen molar-refractivity contribution in [2.45, 2.75) is 46.5 Å². The number of hydrogen-bond donors (Lipinski definition) is 0. The fourth-order valence-electron chi connectivity index (χ4n) is 2.35. The van der Waals surface area contributed by atoms with E-state index >= 15 is 0 Å². The number of fused-ring (bicyclic) bond motifs is 1. The van der Waals surface area contributed by atoms with E-state index in [0.29, 0.717) is 12.3 Å². The third-order valence-corrected chi connectivity index (χ3v) is 3.32. The van der Waals surface area contributed by atoms with Crippen LogP contribution in [-0.4, -0.2) is 11.6 Å². The summed E-state index contributed by atoms with van der Waals surface area (Å²) in [5.41, 5.74) is 2.74. The van der Waals surface area contributed by atoms with E-state index in [-0.39, 0.29) is 11.6 Å². The van der Waals surface area contributed by atoms with Gasteiger partial charge in [0.15, 0.2) is 11.6 Å². The van der Waals surface area contributed by atoms with Crippen LogP contribution in [0, 0.1) is 5.92 Å². The zero-order chi connectivity index (χ0) is 13.5. The zero-order valence-corrected chi connectivity index (χ0v) is 11.5. The van der Waals surface area contributed by atoms with E-state index in [1.165, 1.54) is 18.1 Å². The molecule has 1 atom stereocenters. The maximum Gasteiger partial charge on any atom is 0.198 e. The number of aryl methyl sites for hydroxylation is 1. The average Bonchev–Trinajstić information content (AvgIpc) is 2.41. The highest BCUT2D eigenvalue weighted by Gasteiger charge is 2.22. The third-order valence-electron chi connectivity index (χ3n) is 3.32. The van der Waals surface area contributed by atoms with Crippen molar-refractivity contribution in [2.24, 2.45) is 5.92 Å². The Hall–Kier alpha value is -1.44. The Morgan fingerprint density at radius 2 is 1.78 bits per heavy atom. The summed E-state index contributed by atoms with van der Waals surface area (Å²) in [6.45, 7) is 5.36. The first kappa shape index (κ1) is 14.6. The van der Waals surface area contributed by atoms with Gasteiger partial charge < -0.3 is 0 Å². The van der Waals surface area contributed by atoms with Crippen LogP contribution in [0.3, 0.4) is 0 Å². The maximum absolute atomic E-state index is 11.4. The van der Waals surface area contributed by atoms with Crippen LogP contribution in [0.25, 0.3) is 0 Å². The molecule has 0 fully saturated rings. The highest BCUT2D eigenvalue weighted by atomic mass is 16.2. The van der Waals surface area contributed by atoms with Gasteiger partial charge in [-0.25, -0.2) is 0 Å². The van der Waals surface area contributed by atoms with Crippen molar-refractivity contribution in [1.29, 1.82) is 0 Å². The summed E-state index contributed by atoms with van der Waals surface area (Å²) < 4.78 is 0. The van der Waals surface area contributed by atoms with E-state index in [4.69, 9.17) is 0 Å².